The summed E-state index contributed by atoms with van der Waals surface area (Å²) in [6.45, 7) is 8.00. The Hall–Kier alpha value is -1.40. The van der Waals surface area contributed by atoms with Crippen LogP contribution < -0.4 is 10.1 Å². The van der Waals surface area contributed by atoms with Crippen LogP contribution in [-0.4, -0.2) is 16.7 Å². The Morgan fingerprint density at radius 1 is 1.33 bits per heavy atom. The topological polar surface area (TPSA) is 60.2 Å². The van der Waals surface area contributed by atoms with Crippen molar-refractivity contribution < 1.29 is 9.26 Å². The molecule has 114 valence electrons. The van der Waals surface area contributed by atoms with Crippen LogP contribution in [0.25, 0.3) is 0 Å². The molecule has 5 nitrogen and oxygen atoms in total. The number of aromatic nitrogens is 2. The zero-order valence-corrected chi connectivity index (χ0v) is 14.2. The average Bonchev–Trinajstić information content (AvgIpc) is 2.83. The van der Waals surface area contributed by atoms with Gasteiger partial charge < -0.3 is 14.6 Å². The molecule has 2 rings (SSSR count). The first-order chi connectivity index (χ1) is 10.1. The van der Waals surface area contributed by atoms with Crippen LogP contribution in [0.4, 0.5) is 0 Å². The van der Waals surface area contributed by atoms with Gasteiger partial charge >= 0.3 is 0 Å². The monoisotopic (exact) mass is 353 g/mol. The van der Waals surface area contributed by atoms with Crippen LogP contribution in [0.3, 0.4) is 0 Å². The predicted octanol–water partition coefficient (Wildman–Crippen LogP) is 3.53. The molecule has 1 aromatic heterocycles. The zero-order valence-electron chi connectivity index (χ0n) is 12.6. The number of ether oxygens (including phenoxy) is 1. The molecule has 0 aliphatic carbocycles. The van der Waals surface area contributed by atoms with E-state index < -0.39 is 0 Å². The smallest absolute Gasteiger partial charge is 0.264 e. The Bertz CT molecular complexity index is 599. The molecule has 0 aliphatic rings. The van der Waals surface area contributed by atoms with Crippen molar-refractivity contribution in [3.63, 3.8) is 0 Å². The van der Waals surface area contributed by atoms with Crippen molar-refractivity contribution >= 4 is 15.9 Å². The first-order valence-electron chi connectivity index (χ1n) is 7.02. The largest absolute Gasteiger partial charge is 0.483 e. The number of rotatable bonds is 7. The molecule has 21 heavy (non-hydrogen) atoms. The number of aryl methyl sites for hydroxylation is 2. The standard InChI is InChI=1S/C15H20BrN3O2/c1-4-5-17-8-12-7-13(16)6-10(2)15(12)20-9-14-18-11(3)19-21-14/h6-7,17H,4-5,8-9H2,1-3H3. The second-order valence-electron chi connectivity index (χ2n) is 4.91. The summed E-state index contributed by atoms with van der Waals surface area (Å²) in [6, 6.07) is 4.11. The summed E-state index contributed by atoms with van der Waals surface area (Å²) in [7, 11) is 0. The highest BCUT2D eigenvalue weighted by atomic mass is 79.9. The van der Waals surface area contributed by atoms with E-state index in [0.717, 1.165) is 40.9 Å². The van der Waals surface area contributed by atoms with Gasteiger partial charge in [-0.25, -0.2) is 0 Å². The molecule has 1 N–H and O–H groups in total. The summed E-state index contributed by atoms with van der Waals surface area (Å²) >= 11 is 3.53. The van der Waals surface area contributed by atoms with E-state index in [-0.39, 0.29) is 6.61 Å². The lowest BCUT2D eigenvalue weighted by Gasteiger charge is -2.14. The molecule has 2 aromatic rings. The highest BCUT2D eigenvalue weighted by Gasteiger charge is 2.11. The second-order valence-corrected chi connectivity index (χ2v) is 5.83. The normalized spacial score (nSPS) is 10.9. The van der Waals surface area contributed by atoms with E-state index in [9.17, 15) is 0 Å². The van der Waals surface area contributed by atoms with Crippen LogP contribution in [0.15, 0.2) is 21.1 Å². The van der Waals surface area contributed by atoms with Crippen molar-refractivity contribution in [3.05, 3.63) is 39.4 Å². The van der Waals surface area contributed by atoms with Gasteiger partial charge in [-0.05, 0) is 44.5 Å². The minimum absolute atomic E-state index is 0.282. The molecule has 6 heteroatoms. The van der Waals surface area contributed by atoms with Crippen LogP contribution >= 0.6 is 15.9 Å². The van der Waals surface area contributed by atoms with Gasteiger partial charge in [-0.2, -0.15) is 4.98 Å². The Balaban J connectivity index is 2.12. The van der Waals surface area contributed by atoms with E-state index in [2.05, 4.69) is 44.4 Å². The van der Waals surface area contributed by atoms with Gasteiger partial charge in [0.15, 0.2) is 12.4 Å². The first kappa shape index (κ1) is 16.0. The third-order valence-corrected chi connectivity index (χ3v) is 3.43. The predicted molar refractivity (Wildman–Crippen MR) is 84.2 cm³/mol. The van der Waals surface area contributed by atoms with Crippen LogP contribution in [0.5, 0.6) is 5.75 Å². The van der Waals surface area contributed by atoms with Crippen molar-refractivity contribution in [1.29, 1.82) is 0 Å². The summed E-state index contributed by atoms with van der Waals surface area (Å²) in [6.07, 6.45) is 1.10. The average molecular weight is 354 g/mol. The van der Waals surface area contributed by atoms with Gasteiger partial charge in [0, 0.05) is 16.6 Å². The Labute approximate surface area is 133 Å². The number of nitrogens with one attached hydrogen (secondary N) is 1. The van der Waals surface area contributed by atoms with E-state index in [1.165, 1.54) is 0 Å². The minimum atomic E-state index is 0.282. The molecule has 0 radical (unpaired) electrons. The molecular formula is C15H20BrN3O2. The molecule has 0 aliphatic heterocycles. The van der Waals surface area contributed by atoms with Crippen LogP contribution in [0.2, 0.25) is 0 Å². The highest BCUT2D eigenvalue weighted by molar-refractivity contribution is 9.10. The molecule has 0 unspecified atom stereocenters. The van der Waals surface area contributed by atoms with Crippen molar-refractivity contribution in [2.45, 2.75) is 40.3 Å². The van der Waals surface area contributed by atoms with Gasteiger partial charge in [-0.1, -0.05) is 28.0 Å². The highest BCUT2D eigenvalue weighted by Crippen LogP contribution is 2.28. The van der Waals surface area contributed by atoms with E-state index in [1.807, 2.05) is 13.0 Å². The van der Waals surface area contributed by atoms with Gasteiger partial charge in [0.05, 0.1) is 0 Å². The van der Waals surface area contributed by atoms with E-state index in [0.29, 0.717) is 11.7 Å². The molecule has 0 spiro atoms. The lowest BCUT2D eigenvalue weighted by atomic mass is 10.1. The molecule has 0 bridgehead atoms. The lowest BCUT2D eigenvalue weighted by Crippen LogP contribution is -2.15. The maximum atomic E-state index is 5.90. The SMILES string of the molecule is CCCNCc1cc(Br)cc(C)c1OCc1nc(C)no1. The van der Waals surface area contributed by atoms with E-state index >= 15 is 0 Å². The fourth-order valence-corrected chi connectivity index (χ4v) is 2.69. The van der Waals surface area contributed by atoms with Crippen LogP contribution in [-0.2, 0) is 13.2 Å². The Morgan fingerprint density at radius 3 is 2.81 bits per heavy atom. The van der Waals surface area contributed by atoms with Crippen molar-refractivity contribution in [3.8, 4) is 5.75 Å². The fraction of sp³-hybridized carbons (Fsp3) is 0.467. The lowest BCUT2D eigenvalue weighted by molar-refractivity contribution is 0.239. The molecule has 0 amide bonds. The molecule has 0 atom stereocenters. The summed E-state index contributed by atoms with van der Waals surface area (Å²) in [5.74, 6) is 1.98. The Kier molecular flexibility index (Phi) is 5.76. The number of benzene rings is 1. The quantitative estimate of drug-likeness (QED) is 0.771. The summed E-state index contributed by atoms with van der Waals surface area (Å²) < 4.78 is 12.0. The molecule has 0 saturated carbocycles. The van der Waals surface area contributed by atoms with Crippen LogP contribution in [0, 0.1) is 13.8 Å². The third kappa shape index (κ3) is 4.54. The summed E-state index contributed by atoms with van der Waals surface area (Å²) in [4.78, 5) is 4.15. The molecule has 1 aromatic carbocycles. The van der Waals surface area contributed by atoms with Crippen molar-refractivity contribution in [2.75, 3.05) is 6.54 Å². The van der Waals surface area contributed by atoms with Gasteiger partial charge in [0.2, 0.25) is 0 Å². The molecular weight excluding hydrogens is 334 g/mol. The third-order valence-electron chi connectivity index (χ3n) is 2.97. The summed E-state index contributed by atoms with van der Waals surface area (Å²) in [5.41, 5.74) is 2.19. The number of halogens is 1. The van der Waals surface area contributed by atoms with Gasteiger partial charge in [0.1, 0.15) is 5.75 Å². The van der Waals surface area contributed by atoms with Gasteiger partial charge in [0.25, 0.3) is 5.89 Å². The second kappa shape index (κ2) is 7.56. The van der Waals surface area contributed by atoms with E-state index in [1.54, 1.807) is 6.92 Å². The number of nitrogens with zero attached hydrogens (tertiary/aromatic N) is 2. The molecule has 1 heterocycles. The van der Waals surface area contributed by atoms with Crippen LogP contribution in [0.1, 0.15) is 36.2 Å². The first-order valence-corrected chi connectivity index (χ1v) is 7.81. The number of hydrogen-bond acceptors (Lipinski definition) is 5. The summed E-state index contributed by atoms with van der Waals surface area (Å²) in [5, 5.41) is 7.16. The van der Waals surface area contributed by atoms with Crippen molar-refractivity contribution in [2.24, 2.45) is 0 Å². The molecule has 0 saturated heterocycles. The number of hydrogen-bond donors (Lipinski definition) is 1. The zero-order chi connectivity index (χ0) is 15.2. The van der Waals surface area contributed by atoms with Gasteiger partial charge in [-0.15, -0.1) is 0 Å². The molecule has 0 fully saturated rings. The maximum absolute atomic E-state index is 5.90. The van der Waals surface area contributed by atoms with E-state index in [4.69, 9.17) is 9.26 Å². The maximum Gasteiger partial charge on any atom is 0.264 e. The fourth-order valence-electron chi connectivity index (χ4n) is 2.07. The minimum Gasteiger partial charge on any atom is -0.483 e. The van der Waals surface area contributed by atoms with Gasteiger partial charge in [-0.3, -0.25) is 0 Å². The Morgan fingerprint density at radius 2 is 2.14 bits per heavy atom. The van der Waals surface area contributed by atoms with Crippen molar-refractivity contribution in [1.82, 2.24) is 15.5 Å².